The summed E-state index contributed by atoms with van der Waals surface area (Å²) in [5.41, 5.74) is 10.5. The molecule has 0 saturated carbocycles. The van der Waals surface area contributed by atoms with E-state index in [4.69, 9.17) is 4.74 Å². The molecule has 2 aliphatic rings. The van der Waals surface area contributed by atoms with Crippen molar-refractivity contribution in [2.75, 3.05) is 0 Å². The van der Waals surface area contributed by atoms with Crippen LogP contribution in [0.15, 0.2) is 84.9 Å². The summed E-state index contributed by atoms with van der Waals surface area (Å²) in [6, 6.07) is 29.8. The van der Waals surface area contributed by atoms with E-state index in [1.54, 1.807) is 0 Å². The number of hydrogen-bond donors (Lipinski definition) is 0. The van der Waals surface area contributed by atoms with Crippen molar-refractivity contribution in [3.8, 4) is 56.0 Å². The van der Waals surface area contributed by atoms with Crippen LogP contribution in [0.3, 0.4) is 0 Å². The van der Waals surface area contributed by atoms with Crippen LogP contribution in [0.1, 0.15) is 0 Å². The fraction of sp³-hybridized carbons (Fsp3) is 0. The van der Waals surface area contributed by atoms with Gasteiger partial charge in [0, 0.05) is 0 Å². The molecule has 1 heteroatoms. The molecule has 2 aliphatic carbocycles. The van der Waals surface area contributed by atoms with Gasteiger partial charge in [-0.05, 0) is 68.8 Å². The average Bonchev–Trinajstić information content (AvgIpc) is 2.65. The highest BCUT2D eigenvalue weighted by atomic mass is 16.5. The summed E-state index contributed by atoms with van der Waals surface area (Å²) in [5.74, 6) is 1.78. The molecule has 0 bridgehead atoms. The Kier molecular flexibility index (Phi) is 2.40. The van der Waals surface area contributed by atoms with Crippen LogP contribution >= 0.6 is 0 Å². The van der Waals surface area contributed by atoms with Gasteiger partial charge in [0.15, 0.2) is 0 Å². The SMILES string of the molecule is c1ccc2c(c1)-c1ccc(Oc3ccc4c(c3)-c3ccccc3-4)cc1-2. The predicted molar refractivity (Wildman–Crippen MR) is 102 cm³/mol. The molecule has 0 heterocycles. The largest absolute Gasteiger partial charge is 0.457 e. The fourth-order valence-corrected chi connectivity index (χ4v) is 4.01. The van der Waals surface area contributed by atoms with Crippen molar-refractivity contribution in [1.82, 2.24) is 0 Å². The Bertz CT molecular complexity index is 1080. The molecule has 116 valence electrons. The van der Waals surface area contributed by atoms with Gasteiger partial charge < -0.3 is 4.74 Å². The Balaban J connectivity index is 1.34. The summed E-state index contributed by atoms with van der Waals surface area (Å²) >= 11 is 0. The third-order valence-corrected chi connectivity index (χ3v) is 5.23. The van der Waals surface area contributed by atoms with E-state index in [-0.39, 0.29) is 0 Å². The van der Waals surface area contributed by atoms with Gasteiger partial charge in [0.1, 0.15) is 11.5 Å². The Morgan fingerprint density at radius 1 is 0.360 bits per heavy atom. The normalized spacial score (nSPS) is 12.0. The molecule has 0 aromatic heterocycles. The molecule has 0 radical (unpaired) electrons. The number of hydrogen-bond acceptors (Lipinski definition) is 1. The molecule has 0 spiro atoms. The van der Waals surface area contributed by atoms with E-state index in [0.29, 0.717) is 0 Å². The lowest BCUT2D eigenvalue weighted by Crippen LogP contribution is -2.00. The Morgan fingerprint density at radius 2 is 0.720 bits per heavy atom. The Morgan fingerprint density at radius 3 is 1.16 bits per heavy atom. The molecule has 0 amide bonds. The quantitative estimate of drug-likeness (QED) is 0.342. The maximum atomic E-state index is 6.15. The van der Waals surface area contributed by atoms with E-state index in [0.717, 1.165) is 11.5 Å². The molecule has 25 heavy (non-hydrogen) atoms. The van der Waals surface area contributed by atoms with Crippen LogP contribution in [0.4, 0.5) is 0 Å². The van der Waals surface area contributed by atoms with Gasteiger partial charge in [-0.15, -0.1) is 0 Å². The van der Waals surface area contributed by atoms with Gasteiger partial charge in [0.2, 0.25) is 0 Å². The maximum absolute atomic E-state index is 6.15. The van der Waals surface area contributed by atoms with Crippen molar-refractivity contribution in [1.29, 1.82) is 0 Å². The average molecular weight is 318 g/mol. The molecule has 0 saturated heterocycles. The molecule has 1 nitrogen and oxygen atoms in total. The van der Waals surface area contributed by atoms with E-state index >= 15 is 0 Å². The summed E-state index contributed by atoms with van der Waals surface area (Å²) in [4.78, 5) is 0. The molecule has 0 fully saturated rings. The smallest absolute Gasteiger partial charge is 0.128 e. The van der Waals surface area contributed by atoms with Gasteiger partial charge >= 0.3 is 0 Å². The second kappa shape index (κ2) is 4.61. The minimum Gasteiger partial charge on any atom is -0.457 e. The van der Waals surface area contributed by atoms with Gasteiger partial charge in [-0.3, -0.25) is 0 Å². The van der Waals surface area contributed by atoms with Crippen LogP contribution in [0.2, 0.25) is 0 Å². The lowest BCUT2D eigenvalue weighted by Gasteiger charge is -2.25. The van der Waals surface area contributed by atoms with E-state index in [2.05, 4.69) is 84.9 Å². The zero-order valence-corrected chi connectivity index (χ0v) is 13.5. The van der Waals surface area contributed by atoms with Gasteiger partial charge in [-0.2, -0.15) is 0 Å². The molecule has 0 unspecified atom stereocenters. The van der Waals surface area contributed by atoms with Crippen LogP contribution in [-0.4, -0.2) is 0 Å². The number of fused-ring (bicyclic) bond motifs is 8. The van der Waals surface area contributed by atoms with E-state index in [9.17, 15) is 0 Å². The first-order valence-electron chi connectivity index (χ1n) is 8.54. The van der Waals surface area contributed by atoms with Crippen LogP contribution in [0.25, 0.3) is 44.5 Å². The summed E-state index contributed by atoms with van der Waals surface area (Å²) in [6.07, 6.45) is 0. The van der Waals surface area contributed by atoms with Crippen molar-refractivity contribution in [3.63, 3.8) is 0 Å². The molecule has 0 atom stereocenters. The summed E-state index contributed by atoms with van der Waals surface area (Å²) in [7, 11) is 0. The van der Waals surface area contributed by atoms with Gasteiger partial charge in [-0.1, -0.05) is 60.7 Å². The molecule has 0 aliphatic heterocycles. The topological polar surface area (TPSA) is 9.23 Å². The van der Waals surface area contributed by atoms with Crippen molar-refractivity contribution in [2.45, 2.75) is 0 Å². The predicted octanol–water partition coefficient (Wildman–Crippen LogP) is 6.77. The second-order valence-electron chi connectivity index (χ2n) is 6.61. The molecular weight excluding hydrogens is 304 g/mol. The van der Waals surface area contributed by atoms with Gasteiger partial charge in [0.25, 0.3) is 0 Å². The standard InChI is InChI=1S/C24H14O/c1-3-7-19-17(5-1)21-11-9-15(13-23(19)21)25-16-10-12-22-18-6-2-4-8-20(18)24(22)14-16/h1-14H. The third kappa shape index (κ3) is 1.72. The summed E-state index contributed by atoms with van der Waals surface area (Å²) < 4.78 is 6.15. The number of benzene rings is 4. The monoisotopic (exact) mass is 318 g/mol. The molecule has 6 rings (SSSR count). The molecule has 0 N–H and O–H groups in total. The van der Waals surface area contributed by atoms with Crippen molar-refractivity contribution >= 4 is 0 Å². The van der Waals surface area contributed by atoms with Gasteiger partial charge in [-0.25, -0.2) is 0 Å². The lowest BCUT2D eigenvalue weighted by molar-refractivity contribution is 0.483. The van der Waals surface area contributed by atoms with Crippen molar-refractivity contribution in [3.05, 3.63) is 84.9 Å². The molecule has 4 aromatic carbocycles. The van der Waals surface area contributed by atoms with E-state index in [1.165, 1.54) is 44.5 Å². The molecule has 4 aromatic rings. The number of rotatable bonds is 2. The second-order valence-corrected chi connectivity index (χ2v) is 6.61. The lowest BCUT2D eigenvalue weighted by atomic mass is 9.80. The highest BCUT2D eigenvalue weighted by molar-refractivity contribution is 6.03. The highest BCUT2D eigenvalue weighted by Crippen LogP contribution is 2.50. The van der Waals surface area contributed by atoms with Crippen LogP contribution in [0.5, 0.6) is 11.5 Å². The van der Waals surface area contributed by atoms with Crippen molar-refractivity contribution in [2.24, 2.45) is 0 Å². The maximum Gasteiger partial charge on any atom is 0.128 e. The van der Waals surface area contributed by atoms with E-state index < -0.39 is 0 Å². The first-order valence-corrected chi connectivity index (χ1v) is 8.54. The minimum atomic E-state index is 0.890. The first-order chi connectivity index (χ1) is 12.4. The Labute approximate surface area is 146 Å². The van der Waals surface area contributed by atoms with Crippen molar-refractivity contribution < 1.29 is 4.74 Å². The van der Waals surface area contributed by atoms with Crippen LogP contribution in [-0.2, 0) is 0 Å². The minimum absolute atomic E-state index is 0.890. The third-order valence-electron chi connectivity index (χ3n) is 5.23. The number of ether oxygens (including phenoxy) is 1. The zero-order chi connectivity index (χ0) is 16.4. The molecular formula is C24H14O. The van der Waals surface area contributed by atoms with Gasteiger partial charge in [0.05, 0.1) is 0 Å². The highest BCUT2D eigenvalue weighted by Gasteiger charge is 2.23. The first kappa shape index (κ1) is 13.0. The zero-order valence-electron chi connectivity index (χ0n) is 13.5. The van der Waals surface area contributed by atoms with E-state index in [1.807, 2.05) is 0 Å². The summed E-state index contributed by atoms with van der Waals surface area (Å²) in [5, 5.41) is 0. The van der Waals surface area contributed by atoms with Crippen LogP contribution in [0, 0.1) is 0 Å². The summed E-state index contributed by atoms with van der Waals surface area (Å²) in [6.45, 7) is 0. The Hall–Kier alpha value is -3.32. The van der Waals surface area contributed by atoms with Crippen LogP contribution < -0.4 is 4.74 Å². The fourth-order valence-electron chi connectivity index (χ4n) is 4.01.